The van der Waals surface area contributed by atoms with Crippen LogP contribution in [0.15, 0.2) is 18.2 Å². The molecule has 1 aromatic rings. The summed E-state index contributed by atoms with van der Waals surface area (Å²) in [5.41, 5.74) is 7.67. The van der Waals surface area contributed by atoms with Crippen LogP contribution in [-0.4, -0.2) is 13.2 Å². The van der Waals surface area contributed by atoms with E-state index in [0.29, 0.717) is 6.04 Å². The van der Waals surface area contributed by atoms with Crippen LogP contribution in [0.4, 0.5) is 5.69 Å². The minimum Gasteiger partial charge on any atom is -0.496 e. The highest BCUT2D eigenvalue weighted by Crippen LogP contribution is 2.26. The van der Waals surface area contributed by atoms with E-state index in [1.165, 1.54) is 24.8 Å². The first-order valence-corrected chi connectivity index (χ1v) is 6.35. The molecule has 2 rings (SSSR count). The van der Waals surface area contributed by atoms with E-state index in [0.717, 1.165) is 23.9 Å². The quantitative estimate of drug-likeness (QED) is 0.787. The number of nitrogens with two attached hydrogens (primary N) is 1. The van der Waals surface area contributed by atoms with E-state index in [1.807, 2.05) is 18.2 Å². The van der Waals surface area contributed by atoms with E-state index < -0.39 is 0 Å². The van der Waals surface area contributed by atoms with Gasteiger partial charge in [0.2, 0.25) is 0 Å². The van der Waals surface area contributed by atoms with Gasteiger partial charge in [-0.25, -0.2) is 0 Å². The SMILES string of the molecule is COc1cc(N)ccc1CNC1CCC(C)C1. The first-order chi connectivity index (χ1) is 8.19. The largest absolute Gasteiger partial charge is 0.496 e. The van der Waals surface area contributed by atoms with Crippen LogP contribution in [0.1, 0.15) is 31.7 Å². The van der Waals surface area contributed by atoms with Crippen molar-refractivity contribution < 1.29 is 4.74 Å². The van der Waals surface area contributed by atoms with Crippen molar-refractivity contribution in [1.82, 2.24) is 5.32 Å². The van der Waals surface area contributed by atoms with Gasteiger partial charge in [-0.2, -0.15) is 0 Å². The van der Waals surface area contributed by atoms with Crippen LogP contribution in [0, 0.1) is 5.92 Å². The Bertz CT molecular complexity index is 378. The smallest absolute Gasteiger partial charge is 0.125 e. The van der Waals surface area contributed by atoms with E-state index in [4.69, 9.17) is 10.5 Å². The van der Waals surface area contributed by atoms with Crippen LogP contribution < -0.4 is 15.8 Å². The van der Waals surface area contributed by atoms with Gasteiger partial charge in [0.1, 0.15) is 5.75 Å². The van der Waals surface area contributed by atoms with Crippen LogP contribution in [0.2, 0.25) is 0 Å². The Morgan fingerprint density at radius 3 is 2.88 bits per heavy atom. The minimum atomic E-state index is 0.659. The van der Waals surface area contributed by atoms with E-state index in [2.05, 4.69) is 12.2 Å². The molecule has 3 N–H and O–H groups in total. The molecule has 0 aromatic heterocycles. The number of nitrogens with one attached hydrogen (secondary N) is 1. The molecule has 2 atom stereocenters. The van der Waals surface area contributed by atoms with E-state index >= 15 is 0 Å². The number of hydrogen-bond donors (Lipinski definition) is 2. The lowest BCUT2D eigenvalue weighted by atomic mass is 10.1. The first-order valence-electron chi connectivity index (χ1n) is 6.35. The topological polar surface area (TPSA) is 47.3 Å². The standard InChI is InChI=1S/C14H22N2O/c1-10-3-6-13(7-10)16-9-11-4-5-12(15)8-14(11)17-2/h4-5,8,10,13,16H,3,6-7,9,15H2,1-2H3. The third kappa shape index (κ3) is 3.13. The monoisotopic (exact) mass is 234 g/mol. The zero-order valence-corrected chi connectivity index (χ0v) is 10.7. The molecule has 1 aromatic carbocycles. The van der Waals surface area contributed by atoms with Gasteiger partial charge in [-0.1, -0.05) is 13.0 Å². The van der Waals surface area contributed by atoms with Gasteiger partial charge < -0.3 is 15.8 Å². The number of benzene rings is 1. The molecule has 1 fully saturated rings. The number of ether oxygens (including phenoxy) is 1. The average Bonchev–Trinajstić information content (AvgIpc) is 2.73. The fourth-order valence-corrected chi connectivity index (χ4v) is 2.55. The van der Waals surface area contributed by atoms with Gasteiger partial charge >= 0.3 is 0 Å². The summed E-state index contributed by atoms with van der Waals surface area (Å²) in [6.45, 7) is 3.19. The maximum absolute atomic E-state index is 5.74. The number of nitrogen functional groups attached to an aromatic ring is 1. The molecule has 0 radical (unpaired) electrons. The van der Waals surface area contributed by atoms with E-state index in [-0.39, 0.29) is 0 Å². The molecule has 1 saturated carbocycles. The summed E-state index contributed by atoms with van der Waals surface area (Å²) in [5.74, 6) is 1.74. The van der Waals surface area contributed by atoms with Crippen molar-refractivity contribution in [2.45, 2.75) is 38.8 Å². The lowest BCUT2D eigenvalue weighted by Gasteiger charge is -2.14. The van der Waals surface area contributed by atoms with Gasteiger partial charge in [-0.05, 0) is 31.2 Å². The third-order valence-electron chi connectivity index (χ3n) is 3.59. The normalized spacial score (nSPS) is 23.9. The molecule has 0 heterocycles. The molecular formula is C14H22N2O. The summed E-state index contributed by atoms with van der Waals surface area (Å²) in [7, 11) is 1.69. The molecule has 3 heteroatoms. The zero-order chi connectivity index (χ0) is 12.3. The van der Waals surface area contributed by atoms with E-state index in [9.17, 15) is 0 Å². The van der Waals surface area contributed by atoms with Gasteiger partial charge in [0, 0.05) is 29.9 Å². The lowest BCUT2D eigenvalue weighted by molar-refractivity contribution is 0.404. The van der Waals surface area contributed by atoms with E-state index in [1.54, 1.807) is 7.11 Å². The molecule has 17 heavy (non-hydrogen) atoms. The van der Waals surface area contributed by atoms with Crippen molar-refractivity contribution in [3.05, 3.63) is 23.8 Å². The molecule has 0 amide bonds. The van der Waals surface area contributed by atoms with Gasteiger partial charge in [-0.15, -0.1) is 0 Å². The Hall–Kier alpha value is -1.22. The second kappa shape index (κ2) is 5.41. The van der Waals surface area contributed by atoms with Crippen molar-refractivity contribution in [3.63, 3.8) is 0 Å². The molecule has 0 saturated heterocycles. The van der Waals surface area contributed by atoms with Crippen molar-refractivity contribution >= 4 is 5.69 Å². The highest BCUT2D eigenvalue weighted by Gasteiger charge is 2.20. The zero-order valence-electron chi connectivity index (χ0n) is 10.7. The predicted octanol–water partition coefficient (Wildman–Crippen LogP) is 2.56. The minimum absolute atomic E-state index is 0.659. The highest BCUT2D eigenvalue weighted by molar-refractivity contribution is 5.48. The fourth-order valence-electron chi connectivity index (χ4n) is 2.55. The lowest BCUT2D eigenvalue weighted by Crippen LogP contribution is -2.25. The van der Waals surface area contributed by atoms with Gasteiger partial charge in [0.15, 0.2) is 0 Å². The molecule has 0 bridgehead atoms. The van der Waals surface area contributed by atoms with Gasteiger partial charge in [0.25, 0.3) is 0 Å². The van der Waals surface area contributed by atoms with Crippen LogP contribution in [0.3, 0.4) is 0 Å². The average molecular weight is 234 g/mol. The van der Waals surface area contributed by atoms with Crippen molar-refractivity contribution in [2.24, 2.45) is 5.92 Å². The molecule has 94 valence electrons. The summed E-state index contributed by atoms with van der Waals surface area (Å²) < 4.78 is 5.34. The van der Waals surface area contributed by atoms with Crippen molar-refractivity contribution in [2.75, 3.05) is 12.8 Å². The molecule has 1 aliphatic rings. The summed E-state index contributed by atoms with van der Waals surface area (Å²) in [6, 6.07) is 6.51. The van der Waals surface area contributed by atoms with Gasteiger partial charge in [0.05, 0.1) is 7.11 Å². The highest BCUT2D eigenvalue weighted by atomic mass is 16.5. The van der Waals surface area contributed by atoms with Crippen LogP contribution in [0.25, 0.3) is 0 Å². The van der Waals surface area contributed by atoms with Crippen LogP contribution in [-0.2, 0) is 6.54 Å². The van der Waals surface area contributed by atoms with Crippen LogP contribution in [0.5, 0.6) is 5.75 Å². The summed E-state index contributed by atoms with van der Waals surface area (Å²) in [4.78, 5) is 0. The Labute approximate surface area is 103 Å². The maximum atomic E-state index is 5.74. The number of rotatable bonds is 4. The Morgan fingerprint density at radius 2 is 2.24 bits per heavy atom. The summed E-state index contributed by atoms with van der Waals surface area (Å²) >= 11 is 0. The summed E-state index contributed by atoms with van der Waals surface area (Å²) in [6.07, 6.45) is 3.92. The second-order valence-corrected chi connectivity index (χ2v) is 5.07. The van der Waals surface area contributed by atoms with Gasteiger partial charge in [-0.3, -0.25) is 0 Å². The molecular weight excluding hydrogens is 212 g/mol. The number of hydrogen-bond acceptors (Lipinski definition) is 3. The number of anilines is 1. The first kappa shape index (κ1) is 12.2. The Morgan fingerprint density at radius 1 is 1.41 bits per heavy atom. The molecule has 2 unspecified atom stereocenters. The maximum Gasteiger partial charge on any atom is 0.125 e. The van der Waals surface area contributed by atoms with Crippen molar-refractivity contribution in [3.8, 4) is 5.75 Å². The molecule has 0 spiro atoms. The molecule has 1 aliphatic carbocycles. The Balaban J connectivity index is 1.94. The Kier molecular flexibility index (Phi) is 3.89. The third-order valence-corrected chi connectivity index (χ3v) is 3.59. The van der Waals surface area contributed by atoms with Crippen molar-refractivity contribution in [1.29, 1.82) is 0 Å². The molecule has 3 nitrogen and oxygen atoms in total. The van der Waals surface area contributed by atoms with Crippen LogP contribution >= 0.6 is 0 Å². The molecule has 0 aliphatic heterocycles. The number of methoxy groups -OCH3 is 1. The predicted molar refractivity (Wildman–Crippen MR) is 71.0 cm³/mol. The fraction of sp³-hybridized carbons (Fsp3) is 0.571. The second-order valence-electron chi connectivity index (χ2n) is 5.07. The summed E-state index contributed by atoms with van der Waals surface area (Å²) in [5, 5.41) is 3.60.